The normalized spacial score (nSPS) is 11.0. The number of rotatable bonds is 3. The lowest BCUT2D eigenvalue weighted by Gasteiger charge is -2.05. The van der Waals surface area contributed by atoms with E-state index >= 15 is 0 Å². The van der Waals surface area contributed by atoms with Gasteiger partial charge < -0.3 is 0 Å². The zero-order valence-electron chi connectivity index (χ0n) is 11.2. The van der Waals surface area contributed by atoms with Gasteiger partial charge in [0.25, 0.3) is 5.56 Å². The second kappa shape index (κ2) is 5.21. The van der Waals surface area contributed by atoms with Gasteiger partial charge in [0.05, 0.1) is 24.0 Å². The molecule has 1 aromatic carbocycles. The highest BCUT2D eigenvalue weighted by Gasteiger charge is 2.14. The van der Waals surface area contributed by atoms with Crippen molar-refractivity contribution >= 4 is 27.3 Å². The van der Waals surface area contributed by atoms with Crippen molar-refractivity contribution in [2.24, 2.45) is 0 Å². The molecule has 2 aromatic heterocycles. The van der Waals surface area contributed by atoms with E-state index in [1.165, 1.54) is 40.4 Å². The zero-order valence-corrected chi connectivity index (χ0v) is 12.0. The van der Waals surface area contributed by atoms with Gasteiger partial charge in [0.1, 0.15) is 10.5 Å². The number of hydrogen-bond donors (Lipinski definition) is 0. The van der Waals surface area contributed by atoms with Crippen LogP contribution in [0.1, 0.15) is 15.9 Å². The van der Waals surface area contributed by atoms with Gasteiger partial charge in [-0.25, -0.2) is 9.37 Å². The molecule has 6 heteroatoms. The molecule has 0 aliphatic rings. The van der Waals surface area contributed by atoms with Crippen LogP contribution in [-0.4, -0.2) is 15.3 Å². The number of aryl methyl sites for hydroxylation is 1. The Labute approximate surface area is 123 Å². The van der Waals surface area contributed by atoms with Crippen molar-refractivity contribution < 1.29 is 9.18 Å². The molecule has 0 atom stereocenters. The SMILES string of the molecule is Cc1csc2c(=O)n(CC(=O)c3ccccc3F)cnc12. The molecule has 0 bridgehead atoms. The summed E-state index contributed by atoms with van der Waals surface area (Å²) in [6, 6.07) is 5.73. The van der Waals surface area contributed by atoms with Crippen molar-refractivity contribution in [3.63, 3.8) is 0 Å². The fourth-order valence-corrected chi connectivity index (χ4v) is 3.05. The number of fused-ring (bicyclic) bond motifs is 1. The number of carbonyl (C=O) groups excluding carboxylic acids is 1. The Morgan fingerprint density at radius 3 is 2.90 bits per heavy atom. The predicted octanol–water partition coefficient (Wildman–Crippen LogP) is 2.79. The fourth-order valence-electron chi connectivity index (χ4n) is 2.10. The van der Waals surface area contributed by atoms with Crippen molar-refractivity contribution in [2.75, 3.05) is 0 Å². The van der Waals surface area contributed by atoms with Gasteiger partial charge in [0, 0.05) is 0 Å². The van der Waals surface area contributed by atoms with Gasteiger partial charge in [-0.2, -0.15) is 0 Å². The van der Waals surface area contributed by atoms with Gasteiger partial charge in [-0.15, -0.1) is 11.3 Å². The van der Waals surface area contributed by atoms with Crippen LogP contribution in [0.4, 0.5) is 4.39 Å². The minimum atomic E-state index is -0.587. The first-order valence-electron chi connectivity index (χ1n) is 6.29. The van der Waals surface area contributed by atoms with Crippen molar-refractivity contribution in [2.45, 2.75) is 13.5 Å². The van der Waals surface area contributed by atoms with Gasteiger partial charge in [-0.1, -0.05) is 12.1 Å². The van der Waals surface area contributed by atoms with Crippen molar-refractivity contribution in [3.05, 3.63) is 63.3 Å². The zero-order chi connectivity index (χ0) is 15.0. The van der Waals surface area contributed by atoms with Crippen LogP contribution >= 0.6 is 11.3 Å². The third-order valence-corrected chi connectivity index (χ3v) is 4.29. The lowest BCUT2D eigenvalue weighted by molar-refractivity contribution is 0.0966. The summed E-state index contributed by atoms with van der Waals surface area (Å²) < 4.78 is 15.3. The van der Waals surface area contributed by atoms with Crippen LogP contribution in [0.3, 0.4) is 0 Å². The number of nitrogens with zero attached hydrogens (tertiary/aromatic N) is 2. The summed E-state index contributed by atoms with van der Waals surface area (Å²) in [5.41, 5.74) is 1.29. The summed E-state index contributed by atoms with van der Waals surface area (Å²) in [5, 5.41) is 1.85. The average Bonchev–Trinajstić information content (AvgIpc) is 2.84. The Kier molecular flexibility index (Phi) is 3.39. The Balaban J connectivity index is 1.99. The Bertz CT molecular complexity index is 898. The maximum Gasteiger partial charge on any atom is 0.271 e. The number of benzene rings is 1. The molecule has 0 fully saturated rings. The van der Waals surface area contributed by atoms with Crippen LogP contribution in [0.5, 0.6) is 0 Å². The third-order valence-electron chi connectivity index (χ3n) is 3.21. The Hall–Kier alpha value is -2.34. The first-order chi connectivity index (χ1) is 10.1. The molecular formula is C15H11FN2O2S. The number of halogens is 1. The van der Waals surface area contributed by atoms with E-state index in [2.05, 4.69) is 4.98 Å². The molecule has 0 saturated carbocycles. The van der Waals surface area contributed by atoms with E-state index in [4.69, 9.17) is 0 Å². The number of carbonyl (C=O) groups is 1. The summed E-state index contributed by atoms with van der Waals surface area (Å²) in [6.07, 6.45) is 1.34. The van der Waals surface area contributed by atoms with Crippen LogP contribution < -0.4 is 5.56 Å². The molecular weight excluding hydrogens is 291 g/mol. The molecule has 0 N–H and O–H groups in total. The lowest BCUT2D eigenvalue weighted by Crippen LogP contribution is -2.24. The van der Waals surface area contributed by atoms with Gasteiger partial charge in [-0.3, -0.25) is 14.2 Å². The van der Waals surface area contributed by atoms with Crippen molar-refractivity contribution in [1.82, 2.24) is 9.55 Å². The van der Waals surface area contributed by atoms with Gasteiger partial charge in [0.15, 0.2) is 5.78 Å². The van der Waals surface area contributed by atoms with Gasteiger partial charge in [-0.05, 0) is 30.0 Å². The first kappa shape index (κ1) is 13.6. The van der Waals surface area contributed by atoms with E-state index in [0.717, 1.165) is 5.56 Å². The molecule has 0 amide bonds. The van der Waals surface area contributed by atoms with E-state index in [9.17, 15) is 14.0 Å². The van der Waals surface area contributed by atoms with Crippen LogP contribution in [0, 0.1) is 12.7 Å². The largest absolute Gasteiger partial charge is 0.292 e. The second-order valence-electron chi connectivity index (χ2n) is 4.68. The molecule has 0 radical (unpaired) electrons. The molecule has 3 rings (SSSR count). The molecule has 0 spiro atoms. The second-order valence-corrected chi connectivity index (χ2v) is 5.56. The molecule has 106 valence electrons. The maximum absolute atomic E-state index is 13.6. The quantitative estimate of drug-likeness (QED) is 0.699. The van der Waals surface area contributed by atoms with Crippen LogP contribution in [0.2, 0.25) is 0 Å². The van der Waals surface area contributed by atoms with Crippen LogP contribution in [0.15, 0.2) is 40.8 Å². The highest BCUT2D eigenvalue weighted by molar-refractivity contribution is 7.17. The number of hydrogen-bond acceptors (Lipinski definition) is 4. The summed E-state index contributed by atoms with van der Waals surface area (Å²) in [4.78, 5) is 28.6. The lowest BCUT2D eigenvalue weighted by atomic mass is 10.1. The molecule has 4 nitrogen and oxygen atoms in total. The molecule has 21 heavy (non-hydrogen) atoms. The van der Waals surface area contributed by atoms with Gasteiger partial charge in [0.2, 0.25) is 0 Å². The average molecular weight is 302 g/mol. The summed E-state index contributed by atoms with van der Waals surface area (Å²) in [5.74, 6) is -1.04. The van der Waals surface area contributed by atoms with E-state index in [1.807, 2.05) is 12.3 Å². The first-order valence-corrected chi connectivity index (χ1v) is 7.17. The molecule has 3 aromatic rings. The topological polar surface area (TPSA) is 52.0 Å². The molecule has 0 saturated heterocycles. The Morgan fingerprint density at radius 2 is 2.14 bits per heavy atom. The third kappa shape index (κ3) is 2.38. The van der Waals surface area contributed by atoms with E-state index < -0.39 is 11.6 Å². The summed E-state index contributed by atoms with van der Waals surface area (Å²) >= 11 is 1.30. The molecule has 0 aliphatic heterocycles. The standard InChI is InChI=1S/C15H11FN2O2S/c1-9-7-21-14-13(9)17-8-18(15(14)20)6-12(19)10-4-2-3-5-11(10)16/h2-5,7-8H,6H2,1H3. The number of ketones is 1. The van der Waals surface area contributed by atoms with E-state index in [1.54, 1.807) is 6.07 Å². The molecule has 0 unspecified atom stereocenters. The number of Topliss-reactive ketones (excluding diaryl/α,β-unsaturated/α-hetero) is 1. The minimum absolute atomic E-state index is 0.0214. The van der Waals surface area contributed by atoms with Gasteiger partial charge >= 0.3 is 0 Å². The van der Waals surface area contributed by atoms with Crippen LogP contribution in [0.25, 0.3) is 10.2 Å². The van der Waals surface area contributed by atoms with Crippen molar-refractivity contribution in [1.29, 1.82) is 0 Å². The summed E-state index contributed by atoms with van der Waals surface area (Å²) in [7, 11) is 0. The monoisotopic (exact) mass is 302 g/mol. The maximum atomic E-state index is 13.6. The van der Waals surface area contributed by atoms with Crippen LogP contribution in [-0.2, 0) is 6.54 Å². The smallest absolute Gasteiger partial charge is 0.271 e. The Morgan fingerprint density at radius 1 is 1.38 bits per heavy atom. The molecule has 0 aliphatic carbocycles. The number of aromatic nitrogens is 2. The number of thiophene rings is 1. The molecule has 2 heterocycles. The fraction of sp³-hybridized carbons (Fsp3) is 0.133. The van der Waals surface area contributed by atoms with E-state index in [0.29, 0.717) is 10.2 Å². The van der Waals surface area contributed by atoms with E-state index in [-0.39, 0.29) is 17.7 Å². The highest BCUT2D eigenvalue weighted by Crippen LogP contribution is 2.19. The highest BCUT2D eigenvalue weighted by atomic mass is 32.1. The van der Waals surface area contributed by atoms with Crippen molar-refractivity contribution in [3.8, 4) is 0 Å². The summed E-state index contributed by atoms with van der Waals surface area (Å²) in [6.45, 7) is 1.65. The predicted molar refractivity (Wildman–Crippen MR) is 79.3 cm³/mol. The minimum Gasteiger partial charge on any atom is -0.292 e.